The van der Waals surface area contributed by atoms with Crippen LogP contribution in [0.15, 0.2) is 22.6 Å². The van der Waals surface area contributed by atoms with E-state index >= 15 is 0 Å². The fourth-order valence-electron chi connectivity index (χ4n) is 1.36. The largest absolute Gasteiger partial charge is 0.439 e. The third-order valence-corrected chi connectivity index (χ3v) is 1.98. The zero-order valence-corrected chi connectivity index (χ0v) is 7.79. The summed E-state index contributed by atoms with van der Waals surface area (Å²) in [5.74, 6) is 0.742. The monoisotopic (exact) mass is 176 g/mol. The van der Waals surface area contributed by atoms with Crippen LogP contribution in [0.1, 0.15) is 11.5 Å². The van der Waals surface area contributed by atoms with Gasteiger partial charge in [-0.2, -0.15) is 0 Å². The van der Waals surface area contributed by atoms with Crippen molar-refractivity contribution in [3.63, 3.8) is 0 Å². The summed E-state index contributed by atoms with van der Waals surface area (Å²) in [6.45, 7) is 2.70. The van der Waals surface area contributed by atoms with Gasteiger partial charge in [0.1, 0.15) is 5.52 Å². The number of hydrogen-bond acceptors (Lipinski definition) is 3. The Morgan fingerprint density at radius 3 is 3.00 bits per heavy atom. The summed E-state index contributed by atoms with van der Waals surface area (Å²) in [6, 6.07) is 5.98. The van der Waals surface area contributed by atoms with Gasteiger partial charge in [0.2, 0.25) is 5.89 Å². The first-order chi connectivity index (χ1) is 6.31. The van der Waals surface area contributed by atoms with Crippen LogP contribution in [0.2, 0.25) is 0 Å². The van der Waals surface area contributed by atoms with Crippen LogP contribution >= 0.6 is 0 Å². The van der Waals surface area contributed by atoms with Crippen LogP contribution in [-0.2, 0) is 6.54 Å². The number of oxazole rings is 1. The van der Waals surface area contributed by atoms with Gasteiger partial charge in [-0.05, 0) is 25.6 Å². The van der Waals surface area contributed by atoms with Gasteiger partial charge in [-0.15, -0.1) is 0 Å². The smallest absolute Gasteiger partial charge is 0.209 e. The maximum atomic E-state index is 5.57. The highest BCUT2D eigenvalue weighted by Crippen LogP contribution is 2.18. The molecule has 13 heavy (non-hydrogen) atoms. The zero-order chi connectivity index (χ0) is 9.26. The van der Waals surface area contributed by atoms with Crippen molar-refractivity contribution in [3.8, 4) is 0 Å². The maximum Gasteiger partial charge on any atom is 0.209 e. The molecule has 1 heterocycles. The number of rotatable bonds is 2. The van der Waals surface area contributed by atoms with Gasteiger partial charge in [-0.1, -0.05) is 12.1 Å². The quantitative estimate of drug-likeness (QED) is 0.758. The third kappa shape index (κ3) is 1.42. The van der Waals surface area contributed by atoms with E-state index in [1.165, 1.54) is 0 Å². The SMILES string of the molecule is CNCc1nc2cccc(C)c2o1. The average Bonchev–Trinajstić information content (AvgIpc) is 2.49. The van der Waals surface area contributed by atoms with Crippen molar-refractivity contribution < 1.29 is 4.42 Å². The summed E-state index contributed by atoms with van der Waals surface area (Å²) in [7, 11) is 1.88. The summed E-state index contributed by atoms with van der Waals surface area (Å²) in [5.41, 5.74) is 2.96. The van der Waals surface area contributed by atoms with E-state index in [9.17, 15) is 0 Å². The minimum Gasteiger partial charge on any atom is -0.439 e. The molecule has 0 bridgehead atoms. The molecule has 2 rings (SSSR count). The molecule has 0 saturated heterocycles. The van der Waals surface area contributed by atoms with E-state index < -0.39 is 0 Å². The van der Waals surface area contributed by atoms with Crippen LogP contribution in [0.25, 0.3) is 11.1 Å². The third-order valence-electron chi connectivity index (χ3n) is 1.98. The lowest BCUT2D eigenvalue weighted by Gasteiger charge is -1.90. The molecule has 1 aromatic heterocycles. The molecule has 0 aliphatic carbocycles. The van der Waals surface area contributed by atoms with E-state index in [1.54, 1.807) is 0 Å². The van der Waals surface area contributed by atoms with E-state index in [0.717, 1.165) is 22.6 Å². The van der Waals surface area contributed by atoms with E-state index in [4.69, 9.17) is 4.42 Å². The van der Waals surface area contributed by atoms with Gasteiger partial charge in [0, 0.05) is 0 Å². The standard InChI is InChI=1S/C10H12N2O/c1-7-4-3-5-8-10(7)13-9(12-8)6-11-2/h3-5,11H,6H2,1-2H3. The number of fused-ring (bicyclic) bond motifs is 1. The van der Waals surface area contributed by atoms with Crippen LogP contribution < -0.4 is 5.32 Å². The number of benzene rings is 1. The topological polar surface area (TPSA) is 38.1 Å². The van der Waals surface area contributed by atoms with E-state index in [1.807, 2.05) is 32.2 Å². The van der Waals surface area contributed by atoms with Gasteiger partial charge in [0.05, 0.1) is 6.54 Å². The normalized spacial score (nSPS) is 10.9. The van der Waals surface area contributed by atoms with Gasteiger partial charge in [0.15, 0.2) is 5.58 Å². The summed E-state index contributed by atoms with van der Waals surface area (Å²) in [6.07, 6.45) is 0. The van der Waals surface area contributed by atoms with Crippen LogP contribution in [0, 0.1) is 6.92 Å². The second-order valence-corrected chi connectivity index (χ2v) is 3.06. The molecule has 0 atom stereocenters. The average molecular weight is 176 g/mol. The van der Waals surface area contributed by atoms with Crippen molar-refractivity contribution in [3.05, 3.63) is 29.7 Å². The number of hydrogen-bond donors (Lipinski definition) is 1. The minimum absolute atomic E-state index is 0.675. The molecule has 68 valence electrons. The molecule has 2 aromatic rings. The predicted molar refractivity (Wildman–Crippen MR) is 51.5 cm³/mol. The van der Waals surface area contributed by atoms with Crippen molar-refractivity contribution >= 4 is 11.1 Å². The Morgan fingerprint density at radius 2 is 2.31 bits per heavy atom. The highest BCUT2D eigenvalue weighted by molar-refractivity contribution is 5.75. The molecule has 0 spiro atoms. The Hall–Kier alpha value is -1.35. The van der Waals surface area contributed by atoms with E-state index in [2.05, 4.69) is 10.3 Å². The van der Waals surface area contributed by atoms with Crippen molar-refractivity contribution in [2.24, 2.45) is 0 Å². The molecule has 1 N–H and O–H groups in total. The van der Waals surface area contributed by atoms with Gasteiger partial charge in [-0.3, -0.25) is 0 Å². The fraction of sp³-hybridized carbons (Fsp3) is 0.300. The maximum absolute atomic E-state index is 5.57. The molecule has 0 aliphatic rings. The first-order valence-electron chi connectivity index (χ1n) is 4.31. The molecule has 3 heteroatoms. The zero-order valence-electron chi connectivity index (χ0n) is 7.79. The second-order valence-electron chi connectivity index (χ2n) is 3.06. The van der Waals surface area contributed by atoms with Crippen LogP contribution in [0.3, 0.4) is 0 Å². The van der Waals surface area contributed by atoms with Crippen LogP contribution in [-0.4, -0.2) is 12.0 Å². The molecular weight excluding hydrogens is 164 g/mol. The van der Waals surface area contributed by atoms with Crippen LogP contribution in [0.4, 0.5) is 0 Å². The van der Waals surface area contributed by atoms with Gasteiger partial charge in [0.25, 0.3) is 0 Å². The molecule has 0 amide bonds. The summed E-state index contributed by atoms with van der Waals surface area (Å²) in [4.78, 5) is 4.33. The van der Waals surface area contributed by atoms with Gasteiger partial charge >= 0.3 is 0 Å². The Morgan fingerprint density at radius 1 is 1.46 bits per heavy atom. The molecule has 0 unspecified atom stereocenters. The Labute approximate surface area is 76.8 Å². The lowest BCUT2D eigenvalue weighted by Crippen LogP contribution is -2.04. The number of aromatic nitrogens is 1. The first-order valence-corrected chi connectivity index (χ1v) is 4.31. The van der Waals surface area contributed by atoms with Crippen molar-refractivity contribution in [1.82, 2.24) is 10.3 Å². The lowest BCUT2D eigenvalue weighted by atomic mass is 10.2. The van der Waals surface area contributed by atoms with Crippen molar-refractivity contribution in [1.29, 1.82) is 0 Å². The molecular formula is C10H12N2O. The van der Waals surface area contributed by atoms with E-state index in [-0.39, 0.29) is 0 Å². The number of para-hydroxylation sites is 1. The summed E-state index contributed by atoms with van der Waals surface area (Å²) >= 11 is 0. The number of nitrogens with one attached hydrogen (secondary N) is 1. The predicted octanol–water partition coefficient (Wildman–Crippen LogP) is 1.86. The first kappa shape index (κ1) is 8.26. The second kappa shape index (κ2) is 3.18. The molecule has 3 nitrogen and oxygen atoms in total. The minimum atomic E-state index is 0.675. The molecule has 0 saturated carbocycles. The highest BCUT2D eigenvalue weighted by atomic mass is 16.3. The number of nitrogens with zero attached hydrogens (tertiary/aromatic N) is 1. The molecule has 0 fully saturated rings. The van der Waals surface area contributed by atoms with Crippen molar-refractivity contribution in [2.45, 2.75) is 13.5 Å². The van der Waals surface area contributed by atoms with Gasteiger partial charge in [-0.25, -0.2) is 4.98 Å². The fourth-order valence-corrected chi connectivity index (χ4v) is 1.36. The number of aryl methyl sites for hydroxylation is 1. The Kier molecular flexibility index (Phi) is 2.02. The molecule has 1 aromatic carbocycles. The highest BCUT2D eigenvalue weighted by Gasteiger charge is 2.05. The van der Waals surface area contributed by atoms with Gasteiger partial charge < -0.3 is 9.73 Å². The van der Waals surface area contributed by atoms with Crippen LogP contribution in [0.5, 0.6) is 0 Å². The lowest BCUT2D eigenvalue weighted by molar-refractivity contribution is 0.510. The molecule has 0 aliphatic heterocycles. The summed E-state index contributed by atoms with van der Waals surface area (Å²) in [5, 5.41) is 3.01. The summed E-state index contributed by atoms with van der Waals surface area (Å²) < 4.78 is 5.57. The molecule has 0 radical (unpaired) electrons. The van der Waals surface area contributed by atoms with Crippen molar-refractivity contribution in [2.75, 3.05) is 7.05 Å². The Balaban J connectivity index is 2.55. The van der Waals surface area contributed by atoms with E-state index in [0.29, 0.717) is 6.54 Å². The Bertz CT molecular complexity index is 420.